The van der Waals surface area contributed by atoms with Crippen molar-refractivity contribution in [2.75, 3.05) is 18.8 Å². The van der Waals surface area contributed by atoms with Crippen LogP contribution in [0.25, 0.3) is 0 Å². The zero-order valence-corrected chi connectivity index (χ0v) is 13.7. The summed E-state index contributed by atoms with van der Waals surface area (Å²) in [7, 11) is 0. The minimum absolute atomic E-state index is 0.0189. The van der Waals surface area contributed by atoms with Crippen molar-refractivity contribution in [3.05, 3.63) is 0 Å². The lowest BCUT2D eigenvalue weighted by molar-refractivity contribution is -0.141. The van der Waals surface area contributed by atoms with Gasteiger partial charge in [0.1, 0.15) is 6.04 Å². The highest BCUT2D eigenvalue weighted by Gasteiger charge is 2.42. The number of carboxylic acids is 1. The summed E-state index contributed by atoms with van der Waals surface area (Å²) in [5.74, 6) is 0.0133. The molecular weight excluding hydrogens is 276 g/mol. The van der Waals surface area contributed by atoms with E-state index in [1.807, 2.05) is 13.8 Å². The lowest BCUT2D eigenvalue weighted by atomic mass is 10.1. The van der Waals surface area contributed by atoms with E-state index in [0.29, 0.717) is 24.8 Å². The fraction of sp³-hybridized carbons (Fsp3) is 0.857. The van der Waals surface area contributed by atoms with E-state index in [-0.39, 0.29) is 11.4 Å². The number of thioether (sulfide) groups is 1. The van der Waals surface area contributed by atoms with Crippen LogP contribution >= 0.6 is 11.8 Å². The highest BCUT2D eigenvalue weighted by atomic mass is 32.2. The Labute approximate surface area is 125 Å². The van der Waals surface area contributed by atoms with Crippen molar-refractivity contribution in [3.8, 4) is 0 Å². The summed E-state index contributed by atoms with van der Waals surface area (Å²) in [6.07, 6.45) is 1.79. The van der Waals surface area contributed by atoms with E-state index in [2.05, 4.69) is 13.8 Å². The minimum Gasteiger partial charge on any atom is -0.480 e. The molecule has 5 nitrogen and oxygen atoms in total. The molecule has 1 heterocycles. The fourth-order valence-corrected chi connectivity index (χ4v) is 3.68. The molecule has 0 aromatic rings. The summed E-state index contributed by atoms with van der Waals surface area (Å²) in [6, 6.07) is -0.819. The van der Waals surface area contributed by atoms with Gasteiger partial charge in [-0.1, -0.05) is 27.2 Å². The number of carbonyl (C=O) groups is 2. The van der Waals surface area contributed by atoms with Crippen molar-refractivity contribution in [1.82, 2.24) is 9.80 Å². The van der Waals surface area contributed by atoms with Gasteiger partial charge in [-0.15, -0.1) is 11.8 Å². The van der Waals surface area contributed by atoms with Crippen molar-refractivity contribution in [1.29, 1.82) is 0 Å². The number of urea groups is 1. The molecule has 116 valence electrons. The zero-order chi connectivity index (χ0) is 15.3. The predicted octanol–water partition coefficient (Wildman–Crippen LogP) is 2.71. The van der Waals surface area contributed by atoms with Gasteiger partial charge in [0.15, 0.2) is 0 Å². The summed E-state index contributed by atoms with van der Waals surface area (Å²) < 4.78 is 0. The minimum atomic E-state index is -0.901. The van der Waals surface area contributed by atoms with Crippen LogP contribution in [0.15, 0.2) is 0 Å². The van der Waals surface area contributed by atoms with Crippen LogP contribution in [0.4, 0.5) is 4.79 Å². The molecule has 1 aliphatic rings. The number of rotatable bonds is 6. The maximum absolute atomic E-state index is 12.7. The molecule has 1 saturated heterocycles. The van der Waals surface area contributed by atoms with Crippen LogP contribution in [-0.2, 0) is 4.79 Å². The first-order valence-corrected chi connectivity index (χ1v) is 8.42. The second-order valence-corrected chi connectivity index (χ2v) is 6.50. The molecule has 3 atom stereocenters. The number of carboxylic acid groups (broad SMARTS) is 1. The Kier molecular flexibility index (Phi) is 6.65. The lowest BCUT2D eigenvalue weighted by Crippen LogP contribution is -2.52. The van der Waals surface area contributed by atoms with E-state index in [0.717, 1.165) is 12.8 Å². The Morgan fingerprint density at radius 3 is 2.50 bits per heavy atom. The summed E-state index contributed by atoms with van der Waals surface area (Å²) >= 11 is 1.57. The van der Waals surface area contributed by atoms with E-state index in [9.17, 15) is 14.7 Å². The van der Waals surface area contributed by atoms with Gasteiger partial charge in [0, 0.05) is 18.8 Å². The first kappa shape index (κ1) is 17.1. The molecule has 3 unspecified atom stereocenters. The largest absolute Gasteiger partial charge is 0.480 e. The third-order valence-electron chi connectivity index (χ3n) is 3.83. The first-order valence-electron chi connectivity index (χ1n) is 7.37. The molecule has 6 heteroatoms. The van der Waals surface area contributed by atoms with Crippen LogP contribution in [-0.4, -0.2) is 57.2 Å². The second kappa shape index (κ2) is 7.76. The Hall–Kier alpha value is -0.910. The van der Waals surface area contributed by atoms with Gasteiger partial charge in [-0.25, -0.2) is 9.59 Å². The molecule has 0 aromatic carbocycles. The molecule has 1 fully saturated rings. The molecule has 0 radical (unpaired) electrons. The Balaban J connectivity index is 2.86. The van der Waals surface area contributed by atoms with Crippen molar-refractivity contribution in [3.63, 3.8) is 0 Å². The first-order chi connectivity index (χ1) is 9.46. The molecular formula is C14H26N2O3S. The second-order valence-electron chi connectivity index (χ2n) is 5.29. The van der Waals surface area contributed by atoms with Gasteiger partial charge in [-0.2, -0.15) is 0 Å². The van der Waals surface area contributed by atoms with Crippen LogP contribution in [0.1, 0.15) is 40.5 Å². The summed E-state index contributed by atoms with van der Waals surface area (Å²) in [4.78, 5) is 27.4. The number of hydrogen-bond donors (Lipinski definition) is 1. The molecule has 0 saturated carbocycles. The van der Waals surface area contributed by atoms with Gasteiger partial charge in [0.25, 0.3) is 0 Å². The van der Waals surface area contributed by atoms with Gasteiger partial charge < -0.3 is 10.0 Å². The number of carbonyl (C=O) groups excluding carboxylic acids is 1. The Morgan fingerprint density at radius 1 is 1.40 bits per heavy atom. The monoisotopic (exact) mass is 302 g/mol. The maximum Gasteiger partial charge on any atom is 0.327 e. The molecule has 0 aliphatic carbocycles. The lowest BCUT2D eigenvalue weighted by Gasteiger charge is -2.33. The van der Waals surface area contributed by atoms with Crippen LogP contribution in [0.3, 0.4) is 0 Å². The molecule has 0 bridgehead atoms. The SMILES string of the molecule is CCC(C)CN(CC)C(=O)N1C(CC)SCC1C(=O)O. The molecule has 1 aliphatic heterocycles. The quantitative estimate of drug-likeness (QED) is 0.819. The van der Waals surface area contributed by atoms with Gasteiger partial charge in [-0.05, 0) is 19.3 Å². The van der Waals surface area contributed by atoms with Gasteiger partial charge >= 0.3 is 12.0 Å². The molecule has 0 spiro atoms. The highest BCUT2D eigenvalue weighted by molar-refractivity contribution is 8.00. The third-order valence-corrected chi connectivity index (χ3v) is 5.28. The standard InChI is InChI=1S/C14H26N2O3S/c1-5-10(4)8-15(7-3)14(19)16-11(13(17)18)9-20-12(16)6-2/h10-12H,5-9H2,1-4H3,(H,17,18). The average molecular weight is 302 g/mol. The maximum atomic E-state index is 12.7. The molecule has 2 amide bonds. The summed E-state index contributed by atoms with van der Waals surface area (Å²) in [6.45, 7) is 9.46. The third kappa shape index (κ3) is 3.81. The zero-order valence-electron chi connectivity index (χ0n) is 12.8. The van der Waals surface area contributed by atoms with E-state index in [1.54, 1.807) is 21.6 Å². The van der Waals surface area contributed by atoms with Gasteiger partial charge in [-0.3, -0.25) is 4.90 Å². The Morgan fingerprint density at radius 2 is 2.05 bits per heavy atom. The number of nitrogens with zero attached hydrogens (tertiary/aromatic N) is 2. The van der Waals surface area contributed by atoms with Crippen LogP contribution in [0, 0.1) is 5.92 Å². The average Bonchev–Trinajstić information content (AvgIpc) is 2.87. The number of hydrogen-bond acceptors (Lipinski definition) is 3. The normalized spacial score (nSPS) is 23.7. The molecule has 1 rings (SSSR count). The van der Waals surface area contributed by atoms with Crippen LogP contribution in [0.5, 0.6) is 0 Å². The van der Waals surface area contributed by atoms with Gasteiger partial charge in [0.05, 0.1) is 5.37 Å². The molecule has 0 aromatic heterocycles. The van der Waals surface area contributed by atoms with Gasteiger partial charge in [0.2, 0.25) is 0 Å². The van der Waals surface area contributed by atoms with E-state index in [4.69, 9.17) is 0 Å². The highest BCUT2D eigenvalue weighted by Crippen LogP contribution is 2.32. The Bertz CT molecular complexity index is 351. The summed E-state index contributed by atoms with van der Waals surface area (Å²) in [5, 5.41) is 9.28. The van der Waals surface area contributed by atoms with Crippen molar-refractivity contribution in [2.45, 2.75) is 52.0 Å². The van der Waals surface area contributed by atoms with Crippen molar-refractivity contribution < 1.29 is 14.7 Å². The molecule has 1 N–H and O–H groups in total. The topological polar surface area (TPSA) is 60.9 Å². The number of amides is 2. The van der Waals surface area contributed by atoms with Crippen LogP contribution < -0.4 is 0 Å². The van der Waals surface area contributed by atoms with Crippen molar-refractivity contribution in [2.24, 2.45) is 5.92 Å². The van der Waals surface area contributed by atoms with E-state index in [1.165, 1.54) is 0 Å². The predicted molar refractivity (Wildman–Crippen MR) is 81.9 cm³/mol. The van der Waals surface area contributed by atoms with E-state index >= 15 is 0 Å². The summed E-state index contributed by atoms with van der Waals surface area (Å²) in [5.41, 5.74) is 0. The van der Waals surface area contributed by atoms with Crippen LogP contribution in [0.2, 0.25) is 0 Å². The molecule has 20 heavy (non-hydrogen) atoms. The fourth-order valence-electron chi connectivity index (χ4n) is 2.34. The smallest absolute Gasteiger partial charge is 0.327 e. The number of aliphatic carboxylic acids is 1. The van der Waals surface area contributed by atoms with Crippen molar-refractivity contribution >= 4 is 23.8 Å². The van der Waals surface area contributed by atoms with E-state index < -0.39 is 12.0 Å².